The molecule has 2 saturated heterocycles. The van der Waals surface area contributed by atoms with Gasteiger partial charge >= 0.3 is 6.03 Å². The Kier molecular flexibility index (Phi) is 3.35. The lowest BCUT2D eigenvalue weighted by atomic mass is 9.92. The highest BCUT2D eigenvalue weighted by atomic mass is 16.2. The summed E-state index contributed by atoms with van der Waals surface area (Å²) in [5, 5.41) is 2.24. The van der Waals surface area contributed by atoms with Gasteiger partial charge in [0.2, 0.25) is 5.91 Å². The second-order valence-electron chi connectivity index (χ2n) is 6.19. The number of aromatic nitrogens is 1. The zero-order valence-corrected chi connectivity index (χ0v) is 12.6. The Balaban J connectivity index is 1.58. The molecule has 116 valence electrons. The summed E-state index contributed by atoms with van der Waals surface area (Å²) in [6, 6.07) is 3.37. The summed E-state index contributed by atoms with van der Waals surface area (Å²) in [5.74, 6) is -0.222. The fraction of sp³-hybridized carbons (Fsp3) is 0.467. The lowest BCUT2D eigenvalue weighted by molar-refractivity contribution is -0.137. The molecular formula is C15H18N4O3. The largest absolute Gasteiger partial charge is 0.340 e. The van der Waals surface area contributed by atoms with E-state index in [1.165, 1.54) is 4.90 Å². The number of hydrogen-bond acceptors (Lipinski definition) is 4. The first-order valence-corrected chi connectivity index (χ1v) is 7.20. The summed E-state index contributed by atoms with van der Waals surface area (Å²) < 4.78 is 0. The Hall–Kier alpha value is -2.44. The van der Waals surface area contributed by atoms with Gasteiger partial charge in [0.25, 0.3) is 5.91 Å². The predicted octanol–water partition coefficient (Wildman–Crippen LogP) is 0.338. The zero-order chi connectivity index (χ0) is 15.9. The van der Waals surface area contributed by atoms with Gasteiger partial charge in [0.15, 0.2) is 0 Å². The number of carbonyl (C=O) groups excluding carboxylic acids is 3. The highest BCUT2D eigenvalue weighted by Crippen LogP contribution is 2.27. The van der Waals surface area contributed by atoms with Gasteiger partial charge in [-0.15, -0.1) is 0 Å². The first-order chi connectivity index (χ1) is 10.4. The lowest BCUT2D eigenvalue weighted by Crippen LogP contribution is -2.55. The van der Waals surface area contributed by atoms with Crippen LogP contribution in [0.3, 0.4) is 0 Å². The van der Waals surface area contributed by atoms with E-state index in [2.05, 4.69) is 10.3 Å². The minimum atomic E-state index is -0.986. The minimum absolute atomic E-state index is 0.0790. The van der Waals surface area contributed by atoms with Crippen molar-refractivity contribution >= 4 is 17.8 Å². The van der Waals surface area contributed by atoms with E-state index in [1.807, 2.05) is 18.3 Å². The van der Waals surface area contributed by atoms with Gasteiger partial charge < -0.3 is 9.80 Å². The molecule has 2 aliphatic heterocycles. The monoisotopic (exact) mass is 302 g/mol. The van der Waals surface area contributed by atoms with Gasteiger partial charge in [-0.05, 0) is 25.5 Å². The Morgan fingerprint density at radius 2 is 2.14 bits per heavy atom. The van der Waals surface area contributed by atoms with Crippen molar-refractivity contribution in [1.82, 2.24) is 20.1 Å². The molecule has 22 heavy (non-hydrogen) atoms. The summed E-state index contributed by atoms with van der Waals surface area (Å²) in [7, 11) is 0. The summed E-state index contributed by atoms with van der Waals surface area (Å²) in [6.07, 6.45) is 3.53. The van der Waals surface area contributed by atoms with Gasteiger partial charge in [-0.2, -0.15) is 0 Å². The molecule has 0 aromatic carbocycles. The normalized spacial score (nSPS) is 20.8. The smallest absolute Gasteiger partial charge is 0.325 e. The minimum Gasteiger partial charge on any atom is -0.340 e. The average Bonchev–Trinajstić information content (AvgIpc) is 2.61. The van der Waals surface area contributed by atoms with Gasteiger partial charge in [0, 0.05) is 31.4 Å². The fourth-order valence-corrected chi connectivity index (χ4v) is 2.71. The molecule has 1 aromatic heterocycles. The van der Waals surface area contributed by atoms with Gasteiger partial charge in [-0.25, -0.2) is 4.79 Å². The molecule has 2 aliphatic rings. The van der Waals surface area contributed by atoms with Crippen molar-refractivity contribution in [2.75, 3.05) is 19.6 Å². The zero-order valence-electron chi connectivity index (χ0n) is 12.6. The number of hydrogen-bond donors (Lipinski definition) is 1. The van der Waals surface area contributed by atoms with Gasteiger partial charge in [0.05, 0.1) is 0 Å². The number of nitrogens with one attached hydrogen (secondary N) is 1. The van der Waals surface area contributed by atoms with Crippen molar-refractivity contribution in [3.63, 3.8) is 0 Å². The van der Waals surface area contributed by atoms with E-state index in [1.54, 1.807) is 24.9 Å². The summed E-state index contributed by atoms with van der Waals surface area (Å²) in [4.78, 5) is 42.8. The molecule has 7 heteroatoms. The van der Waals surface area contributed by atoms with E-state index in [9.17, 15) is 14.4 Å². The van der Waals surface area contributed by atoms with Gasteiger partial charge in [-0.3, -0.25) is 19.9 Å². The molecule has 0 spiro atoms. The Morgan fingerprint density at radius 1 is 1.41 bits per heavy atom. The topological polar surface area (TPSA) is 82.6 Å². The van der Waals surface area contributed by atoms with E-state index in [0.29, 0.717) is 19.0 Å². The van der Waals surface area contributed by atoms with Crippen LogP contribution in [0.25, 0.3) is 0 Å². The number of urea groups is 1. The van der Waals surface area contributed by atoms with E-state index in [0.717, 1.165) is 5.56 Å². The standard InChI is InChI=1S/C15H18N4O3/c1-15(2)13(21)17-14(22)19(15)9-12(20)18-7-11(8-18)10-4-3-5-16-6-10/h3-6,11H,7-9H2,1-2H3,(H,17,21,22). The molecular weight excluding hydrogens is 284 g/mol. The van der Waals surface area contributed by atoms with E-state index >= 15 is 0 Å². The third kappa shape index (κ3) is 2.32. The predicted molar refractivity (Wildman–Crippen MR) is 77.9 cm³/mol. The number of carbonyl (C=O) groups is 3. The van der Waals surface area contributed by atoms with Crippen LogP contribution in [0.2, 0.25) is 0 Å². The van der Waals surface area contributed by atoms with Crippen molar-refractivity contribution in [2.45, 2.75) is 25.3 Å². The van der Waals surface area contributed by atoms with Crippen molar-refractivity contribution in [3.05, 3.63) is 30.1 Å². The summed E-state index contributed by atoms with van der Waals surface area (Å²) in [6.45, 7) is 4.43. The number of pyridine rings is 1. The first-order valence-electron chi connectivity index (χ1n) is 7.20. The maximum Gasteiger partial charge on any atom is 0.325 e. The van der Waals surface area contributed by atoms with Crippen LogP contribution in [0.5, 0.6) is 0 Å². The Morgan fingerprint density at radius 3 is 2.68 bits per heavy atom. The number of likely N-dealkylation sites (tertiary alicyclic amines) is 1. The van der Waals surface area contributed by atoms with E-state index in [4.69, 9.17) is 0 Å². The third-order valence-electron chi connectivity index (χ3n) is 4.38. The second kappa shape index (κ2) is 5.08. The maximum atomic E-state index is 12.3. The second-order valence-corrected chi connectivity index (χ2v) is 6.19. The van der Waals surface area contributed by atoms with Crippen LogP contribution in [-0.4, -0.2) is 57.8 Å². The number of nitrogens with zero attached hydrogens (tertiary/aromatic N) is 3. The number of imide groups is 1. The van der Waals surface area contributed by atoms with Crippen LogP contribution in [0.4, 0.5) is 4.79 Å². The van der Waals surface area contributed by atoms with Gasteiger partial charge in [-0.1, -0.05) is 6.07 Å². The first kappa shape index (κ1) is 14.5. The van der Waals surface area contributed by atoms with Crippen LogP contribution >= 0.6 is 0 Å². The van der Waals surface area contributed by atoms with Crippen LogP contribution in [0.15, 0.2) is 24.5 Å². The summed E-state index contributed by atoms with van der Waals surface area (Å²) >= 11 is 0. The Bertz CT molecular complexity index is 623. The highest BCUT2D eigenvalue weighted by Gasteiger charge is 2.47. The van der Waals surface area contributed by atoms with Crippen LogP contribution in [-0.2, 0) is 9.59 Å². The number of amides is 4. The maximum absolute atomic E-state index is 12.3. The fourth-order valence-electron chi connectivity index (χ4n) is 2.71. The summed E-state index contributed by atoms with van der Waals surface area (Å²) in [5.41, 5.74) is 0.126. The molecule has 0 aliphatic carbocycles. The van der Waals surface area contributed by atoms with Crippen LogP contribution < -0.4 is 5.32 Å². The molecule has 0 unspecified atom stereocenters. The molecule has 3 heterocycles. The van der Waals surface area contributed by atoms with Crippen LogP contribution in [0, 0.1) is 0 Å². The average molecular weight is 302 g/mol. The van der Waals surface area contributed by atoms with Crippen LogP contribution in [0.1, 0.15) is 25.3 Å². The molecule has 1 aromatic rings. The lowest BCUT2D eigenvalue weighted by Gasteiger charge is -2.40. The molecule has 0 atom stereocenters. The molecule has 7 nitrogen and oxygen atoms in total. The quantitative estimate of drug-likeness (QED) is 0.816. The molecule has 0 bridgehead atoms. The molecule has 0 radical (unpaired) electrons. The van der Waals surface area contributed by atoms with Crippen molar-refractivity contribution < 1.29 is 14.4 Å². The molecule has 2 fully saturated rings. The van der Waals surface area contributed by atoms with Crippen molar-refractivity contribution in [3.8, 4) is 0 Å². The number of rotatable bonds is 3. The van der Waals surface area contributed by atoms with E-state index in [-0.39, 0.29) is 18.4 Å². The van der Waals surface area contributed by atoms with E-state index < -0.39 is 11.6 Å². The van der Waals surface area contributed by atoms with Crippen molar-refractivity contribution in [2.24, 2.45) is 0 Å². The van der Waals surface area contributed by atoms with Gasteiger partial charge in [0.1, 0.15) is 12.1 Å². The molecule has 1 N–H and O–H groups in total. The molecule has 3 rings (SSSR count). The third-order valence-corrected chi connectivity index (χ3v) is 4.38. The Labute approximate surface area is 128 Å². The SMILES string of the molecule is CC1(C)C(=O)NC(=O)N1CC(=O)N1CC(c2cccnc2)C1. The highest BCUT2D eigenvalue weighted by molar-refractivity contribution is 6.07. The molecule has 0 saturated carbocycles. The molecule has 4 amide bonds. The van der Waals surface area contributed by atoms with Crippen molar-refractivity contribution in [1.29, 1.82) is 0 Å².